The van der Waals surface area contributed by atoms with Crippen molar-refractivity contribution in [2.24, 2.45) is 0 Å². The van der Waals surface area contributed by atoms with Crippen LogP contribution in [0.2, 0.25) is 5.02 Å². The highest BCUT2D eigenvalue weighted by atomic mass is 79.9. The molecule has 0 aliphatic heterocycles. The molecule has 0 radical (unpaired) electrons. The summed E-state index contributed by atoms with van der Waals surface area (Å²) < 4.78 is 48.6. The lowest BCUT2D eigenvalue weighted by Gasteiger charge is -2.09. The molecule has 0 saturated heterocycles. The number of alkyl halides is 3. The second-order valence-electron chi connectivity index (χ2n) is 2.25. The van der Waals surface area contributed by atoms with Gasteiger partial charge in [-0.2, -0.15) is 13.2 Å². The fourth-order valence-corrected chi connectivity index (χ4v) is 1.42. The summed E-state index contributed by atoms with van der Waals surface area (Å²) in [5.41, 5.74) is -1.11. The van der Waals surface area contributed by atoms with Crippen LogP contribution in [0.3, 0.4) is 0 Å². The Kier molecular flexibility index (Phi) is 2.87. The van der Waals surface area contributed by atoms with Gasteiger partial charge in [-0.25, -0.2) is 4.39 Å². The Bertz CT molecular complexity index is 334. The number of hydrogen-bond acceptors (Lipinski definition) is 0. The lowest BCUT2D eigenvalue weighted by atomic mass is 10.2. The molecule has 13 heavy (non-hydrogen) atoms. The van der Waals surface area contributed by atoms with Crippen LogP contribution in [0, 0.1) is 5.82 Å². The topological polar surface area (TPSA) is 0 Å². The normalized spacial score (nSPS) is 11.8. The van der Waals surface area contributed by atoms with Gasteiger partial charge in [0.15, 0.2) is 0 Å². The van der Waals surface area contributed by atoms with E-state index in [0.29, 0.717) is 6.07 Å². The molecule has 1 aromatic rings. The van der Waals surface area contributed by atoms with Crippen molar-refractivity contribution >= 4 is 27.5 Å². The lowest BCUT2D eigenvalue weighted by molar-refractivity contribution is -0.138. The van der Waals surface area contributed by atoms with Gasteiger partial charge in [0.2, 0.25) is 0 Å². The fourth-order valence-electron chi connectivity index (χ4n) is 0.762. The summed E-state index contributed by atoms with van der Waals surface area (Å²) in [5, 5.41) is -0.299. The van der Waals surface area contributed by atoms with Crippen LogP contribution in [0.25, 0.3) is 0 Å². The molecular formula is C7H2BrClF4. The molecule has 0 unspecified atom stereocenters. The molecule has 0 heterocycles. The first-order valence-electron chi connectivity index (χ1n) is 3.04. The molecule has 0 amide bonds. The zero-order chi connectivity index (χ0) is 10.2. The van der Waals surface area contributed by atoms with Crippen LogP contribution < -0.4 is 0 Å². The van der Waals surface area contributed by atoms with Crippen molar-refractivity contribution < 1.29 is 17.6 Å². The largest absolute Gasteiger partial charge is 0.417 e. The Hall–Kier alpha value is -0.290. The molecule has 72 valence electrons. The molecule has 0 bridgehead atoms. The van der Waals surface area contributed by atoms with Gasteiger partial charge >= 0.3 is 6.18 Å². The molecule has 0 aromatic heterocycles. The number of benzene rings is 1. The highest BCUT2D eigenvalue weighted by Crippen LogP contribution is 2.38. The molecule has 0 aliphatic carbocycles. The Labute approximate surface area is 84.6 Å². The van der Waals surface area contributed by atoms with Gasteiger partial charge in [0.25, 0.3) is 0 Å². The molecule has 0 nitrogen and oxygen atoms in total. The molecule has 0 atom stereocenters. The van der Waals surface area contributed by atoms with Gasteiger partial charge in [-0.15, -0.1) is 0 Å². The van der Waals surface area contributed by atoms with Crippen molar-refractivity contribution in [1.29, 1.82) is 0 Å². The van der Waals surface area contributed by atoms with Crippen LogP contribution in [0.15, 0.2) is 16.6 Å². The van der Waals surface area contributed by atoms with E-state index in [-0.39, 0.29) is 9.50 Å². The Morgan fingerprint density at radius 2 is 1.77 bits per heavy atom. The van der Waals surface area contributed by atoms with Crippen molar-refractivity contribution in [3.05, 3.63) is 33.0 Å². The third kappa shape index (κ3) is 2.34. The Morgan fingerprint density at radius 3 is 2.23 bits per heavy atom. The Morgan fingerprint density at radius 1 is 1.23 bits per heavy atom. The van der Waals surface area contributed by atoms with E-state index in [1.54, 1.807) is 0 Å². The van der Waals surface area contributed by atoms with Gasteiger partial charge in [0.1, 0.15) is 5.82 Å². The van der Waals surface area contributed by atoms with E-state index in [1.165, 1.54) is 0 Å². The monoisotopic (exact) mass is 276 g/mol. The van der Waals surface area contributed by atoms with Gasteiger partial charge in [0.05, 0.1) is 10.6 Å². The molecule has 0 saturated carbocycles. The molecular weight excluding hydrogens is 275 g/mol. The van der Waals surface area contributed by atoms with Gasteiger partial charge in [-0.3, -0.25) is 0 Å². The maximum Gasteiger partial charge on any atom is 0.417 e. The molecule has 1 rings (SSSR count). The summed E-state index contributed by atoms with van der Waals surface area (Å²) in [6, 6.07) is 1.19. The fraction of sp³-hybridized carbons (Fsp3) is 0.143. The highest BCUT2D eigenvalue weighted by molar-refractivity contribution is 9.10. The predicted molar refractivity (Wildman–Crippen MR) is 44.1 cm³/mol. The van der Waals surface area contributed by atoms with Gasteiger partial charge in [-0.05, 0) is 28.1 Å². The molecule has 6 heteroatoms. The average Bonchev–Trinajstić information content (AvgIpc) is 1.94. The second kappa shape index (κ2) is 3.46. The van der Waals surface area contributed by atoms with Crippen molar-refractivity contribution in [1.82, 2.24) is 0 Å². The first-order valence-corrected chi connectivity index (χ1v) is 4.21. The standard InChI is InChI=1S/C7H2BrClF4/c8-6-4(7(11,12)13)1-3(10)2-5(6)9/h1-2H. The van der Waals surface area contributed by atoms with Crippen LogP contribution in [0.4, 0.5) is 17.6 Å². The number of halogens is 6. The minimum atomic E-state index is -4.61. The minimum absolute atomic E-state index is 0.299. The third-order valence-corrected chi connectivity index (χ3v) is 2.68. The van der Waals surface area contributed by atoms with E-state index in [2.05, 4.69) is 15.9 Å². The molecule has 0 N–H and O–H groups in total. The Balaban J connectivity index is 3.37. The van der Waals surface area contributed by atoms with E-state index >= 15 is 0 Å². The van der Waals surface area contributed by atoms with Crippen LogP contribution in [0.5, 0.6) is 0 Å². The summed E-state index contributed by atoms with van der Waals surface area (Å²) >= 11 is 7.97. The first-order chi connectivity index (χ1) is 5.82. The first kappa shape index (κ1) is 10.8. The summed E-state index contributed by atoms with van der Waals surface area (Å²) in [7, 11) is 0. The molecule has 0 fully saturated rings. The average molecular weight is 277 g/mol. The van der Waals surface area contributed by atoms with Crippen LogP contribution >= 0.6 is 27.5 Å². The summed E-state index contributed by atoms with van der Waals surface area (Å²) in [6.07, 6.45) is -4.61. The van der Waals surface area contributed by atoms with E-state index < -0.39 is 17.6 Å². The van der Waals surface area contributed by atoms with E-state index in [4.69, 9.17) is 11.6 Å². The molecule has 0 spiro atoms. The van der Waals surface area contributed by atoms with Gasteiger partial charge < -0.3 is 0 Å². The second-order valence-corrected chi connectivity index (χ2v) is 3.45. The molecule has 0 aliphatic rings. The summed E-state index contributed by atoms with van der Waals surface area (Å²) in [5.74, 6) is -1.01. The van der Waals surface area contributed by atoms with E-state index in [1.807, 2.05) is 0 Å². The lowest BCUT2D eigenvalue weighted by Crippen LogP contribution is -2.06. The number of hydrogen-bond donors (Lipinski definition) is 0. The van der Waals surface area contributed by atoms with Crippen molar-refractivity contribution in [2.45, 2.75) is 6.18 Å². The van der Waals surface area contributed by atoms with E-state index in [9.17, 15) is 17.6 Å². The quantitative estimate of drug-likeness (QED) is 0.491. The summed E-state index contributed by atoms with van der Waals surface area (Å²) in [6.45, 7) is 0. The zero-order valence-corrected chi connectivity index (χ0v) is 8.26. The van der Waals surface area contributed by atoms with E-state index in [0.717, 1.165) is 6.07 Å². The highest BCUT2D eigenvalue weighted by Gasteiger charge is 2.34. The summed E-state index contributed by atoms with van der Waals surface area (Å²) in [4.78, 5) is 0. The maximum atomic E-state index is 12.5. The van der Waals surface area contributed by atoms with Gasteiger partial charge in [-0.1, -0.05) is 11.6 Å². The van der Waals surface area contributed by atoms with Crippen molar-refractivity contribution in [3.8, 4) is 0 Å². The van der Waals surface area contributed by atoms with Crippen LogP contribution in [0.1, 0.15) is 5.56 Å². The minimum Gasteiger partial charge on any atom is -0.207 e. The molecule has 1 aromatic carbocycles. The van der Waals surface area contributed by atoms with Crippen LogP contribution in [-0.4, -0.2) is 0 Å². The smallest absolute Gasteiger partial charge is 0.207 e. The SMILES string of the molecule is Fc1cc(Cl)c(Br)c(C(F)(F)F)c1. The number of rotatable bonds is 0. The van der Waals surface area contributed by atoms with Crippen molar-refractivity contribution in [2.75, 3.05) is 0 Å². The van der Waals surface area contributed by atoms with Crippen LogP contribution in [-0.2, 0) is 6.18 Å². The zero-order valence-electron chi connectivity index (χ0n) is 5.92. The van der Waals surface area contributed by atoms with Gasteiger partial charge in [0, 0.05) is 4.47 Å². The van der Waals surface area contributed by atoms with Crippen molar-refractivity contribution in [3.63, 3.8) is 0 Å². The predicted octanol–water partition coefficient (Wildman–Crippen LogP) is 4.26. The maximum absolute atomic E-state index is 12.5. The third-order valence-electron chi connectivity index (χ3n) is 1.30.